The van der Waals surface area contributed by atoms with Crippen molar-refractivity contribution in [3.8, 4) is 22.3 Å². The number of rotatable bonds is 6. The third kappa shape index (κ3) is 4.95. The molecule has 0 radical (unpaired) electrons. The summed E-state index contributed by atoms with van der Waals surface area (Å²) in [5, 5.41) is 0. The fraction of sp³-hybridized carbons (Fsp3) is 0.106. The van der Waals surface area contributed by atoms with Gasteiger partial charge in [-0.1, -0.05) is 144 Å². The largest absolute Gasteiger partial charge is 0.310 e. The van der Waals surface area contributed by atoms with E-state index in [0.717, 1.165) is 17.1 Å². The van der Waals surface area contributed by atoms with Crippen molar-refractivity contribution in [1.82, 2.24) is 0 Å². The first-order valence-electron chi connectivity index (χ1n) is 16.8. The van der Waals surface area contributed by atoms with Crippen LogP contribution in [0.2, 0.25) is 0 Å². The predicted octanol–water partition coefficient (Wildman–Crippen LogP) is 12.4. The van der Waals surface area contributed by atoms with Crippen LogP contribution in [0.15, 0.2) is 164 Å². The molecule has 1 aliphatic rings. The zero-order valence-electron chi connectivity index (χ0n) is 28.0. The lowest BCUT2D eigenvalue weighted by Gasteiger charge is -2.34. The average molecular weight is 618 g/mol. The van der Waals surface area contributed by atoms with Crippen LogP contribution in [0.5, 0.6) is 0 Å². The van der Waals surface area contributed by atoms with Gasteiger partial charge in [0.15, 0.2) is 0 Å². The number of nitrogens with zero attached hydrogens (tertiary/aromatic N) is 1. The van der Waals surface area contributed by atoms with Crippen LogP contribution in [0.25, 0.3) is 22.3 Å². The van der Waals surface area contributed by atoms with Crippen molar-refractivity contribution < 1.29 is 0 Å². The molecule has 0 spiro atoms. The number of fused-ring (bicyclic) bond motifs is 3. The van der Waals surface area contributed by atoms with E-state index in [1.165, 1.54) is 66.8 Å². The Morgan fingerprint density at radius 1 is 0.354 bits per heavy atom. The van der Waals surface area contributed by atoms with Crippen LogP contribution >= 0.6 is 0 Å². The molecule has 48 heavy (non-hydrogen) atoms. The molecule has 0 fully saturated rings. The SMILES string of the molecule is Cc1ccc(N(c2ccc(C)cc2)c2cc(C)cc(-c3ccc(C4(c5ccc(C)cc5)c5ccccc5-c5ccccc54)cc3)c2)cc1. The molecule has 0 aliphatic heterocycles. The fourth-order valence-electron chi connectivity index (χ4n) is 7.63. The Balaban J connectivity index is 1.27. The minimum Gasteiger partial charge on any atom is -0.310 e. The molecular weight excluding hydrogens is 579 g/mol. The quantitative estimate of drug-likeness (QED) is 0.179. The number of hydrogen-bond donors (Lipinski definition) is 0. The molecule has 0 saturated heterocycles. The number of hydrogen-bond acceptors (Lipinski definition) is 1. The molecule has 8 rings (SSSR count). The minimum absolute atomic E-state index is 0.398. The molecule has 0 amide bonds. The average Bonchev–Trinajstić information content (AvgIpc) is 3.41. The third-order valence-electron chi connectivity index (χ3n) is 9.99. The van der Waals surface area contributed by atoms with Crippen molar-refractivity contribution in [2.75, 3.05) is 4.90 Å². The topological polar surface area (TPSA) is 3.24 Å². The van der Waals surface area contributed by atoms with Gasteiger partial charge in [-0.2, -0.15) is 0 Å². The first kappa shape index (κ1) is 29.7. The molecule has 1 nitrogen and oxygen atoms in total. The van der Waals surface area contributed by atoms with Crippen molar-refractivity contribution in [2.45, 2.75) is 33.1 Å². The summed E-state index contributed by atoms with van der Waals surface area (Å²) in [4.78, 5) is 2.36. The van der Waals surface area contributed by atoms with Gasteiger partial charge >= 0.3 is 0 Å². The summed E-state index contributed by atoms with van der Waals surface area (Å²) in [6, 6.07) is 60.9. The van der Waals surface area contributed by atoms with Gasteiger partial charge in [0.25, 0.3) is 0 Å². The highest BCUT2D eigenvalue weighted by Gasteiger charge is 2.45. The zero-order valence-corrected chi connectivity index (χ0v) is 28.0. The van der Waals surface area contributed by atoms with E-state index in [4.69, 9.17) is 0 Å². The van der Waals surface area contributed by atoms with Crippen molar-refractivity contribution >= 4 is 17.1 Å². The normalized spacial score (nSPS) is 12.8. The van der Waals surface area contributed by atoms with Gasteiger partial charge < -0.3 is 4.90 Å². The summed E-state index contributed by atoms with van der Waals surface area (Å²) < 4.78 is 0. The van der Waals surface area contributed by atoms with Crippen LogP contribution in [-0.2, 0) is 5.41 Å². The van der Waals surface area contributed by atoms with E-state index in [0.29, 0.717) is 0 Å². The Hall–Kier alpha value is -5.66. The molecule has 0 N–H and O–H groups in total. The van der Waals surface area contributed by atoms with E-state index >= 15 is 0 Å². The van der Waals surface area contributed by atoms with E-state index in [1.54, 1.807) is 0 Å². The molecule has 0 saturated carbocycles. The Labute approximate surface area is 284 Å². The standard InChI is InChI=1S/C47H39N/c1-32-13-21-38(22-14-32)47(45-11-7-5-9-43(45)44-10-6-8-12-46(44)47)39-23-19-36(20-24-39)37-29-35(4)30-42(31-37)48(40-25-15-33(2)16-26-40)41-27-17-34(3)18-28-41/h5-31H,1-4H3. The van der Waals surface area contributed by atoms with Gasteiger partial charge in [-0.15, -0.1) is 0 Å². The van der Waals surface area contributed by atoms with Gasteiger partial charge in [-0.05, 0) is 114 Å². The highest BCUT2D eigenvalue weighted by atomic mass is 15.1. The Morgan fingerprint density at radius 2 is 0.792 bits per heavy atom. The molecule has 0 heterocycles. The molecule has 232 valence electrons. The van der Waals surface area contributed by atoms with Crippen LogP contribution in [0.4, 0.5) is 17.1 Å². The van der Waals surface area contributed by atoms with E-state index in [-0.39, 0.29) is 0 Å². The second-order valence-corrected chi connectivity index (χ2v) is 13.3. The van der Waals surface area contributed by atoms with Crippen LogP contribution < -0.4 is 4.90 Å². The number of aryl methyl sites for hydroxylation is 4. The maximum Gasteiger partial charge on any atom is 0.0713 e. The van der Waals surface area contributed by atoms with Gasteiger partial charge in [-0.3, -0.25) is 0 Å². The van der Waals surface area contributed by atoms with Gasteiger partial charge in [0.2, 0.25) is 0 Å². The second-order valence-electron chi connectivity index (χ2n) is 13.3. The van der Waals surface area contributed by atoms with Crippen LogP contribution in [-0.4, -0.2) is 0 Å². The molecule has 0 unspecified atom stereocenters. The van der Waals surface area contributed by atoms with Crippen molar-refractivity contribution in [3.05, 3.63) is 208 Å². The van der Waals surface area contributed by atoms with Gasteiger partial charge in [-0.25, -0.2) is 0 Å². The summed E-state index contributed by atoms with van der Waals surface area (Å²) in [7, 11) is 0. The van der Waals surface area contributed by atoms with Crippen LogP contribution in [0.3, 0.4) is 0 Å². The summed E-state index contributed by atoms with van der Waals surface area (Å²) in [6.45, 7) is 8.64. The molecule has 1 aliphatic carbocycles. The monoisotopic (exact) mass is 617 g/mol. The fourth-order valence-corrected chi connectivity index (χ4v) is 7.63. The lowest BCUT2D eigenvalue weighted by atomic mass is 9.67. The molecule has 1 heteroatoms. The summed E-state index contributed by atoms with van der Waals surface area (Å²) in [5.41, 5.74) is 18.3. The molecular formula is C47H39N. The number of anilines is 3. The van der Waals surface area contributed by atoms with Crippen LogP contribution in [0, 0.1) is 27.7 Å². The van der Waals surface area contributed by atoms with Gasteiger partial charge in [0.05, 0.1) is 5.41 Å². The molecule has 0 atom stereocenters. The third-order valence-corrected chi connectivity index (χ3v) is 9.99. The summed E-state index contributed by atoms with van der Waals surface area (Å²) >= 11 is 0. The first-order chi connectivity index (χ1) is 23.4. The lowest BCUT2D eigenvalue weighted by Crippen LogP contribution is -2.28. The van der Waals surface area contributed by atoms with Crippen LogP contribution in [0.1, 0.15) is 44.5 Å². The van der Waals surface area contributed by atoms with Crippen molar-refractivity contribution in [2.24, 2.45) is 0 Å². The molecule has 7 aromatic rings. The first-order valence-corrected chi connectivity index (χ1v) is 16.8. The van der Waals surface area contributed by atoms with Crippen molar-refractivity contribution in [3.63, 3.8) is 0 Å². The maximum atomic E-state index is 2.36. The maximum absolute atomic E-state index is 2.36. The zero-order chi connectivity index (χ0) is 32.8. The summed E-state index contributed by atoms with van der Waals surface area (Å²) in [6.07, 6.45) is 0. The molecule has 0 aromatic heterocycles. The second kappa shape index (κ2) is 11.9. The molecule has 0 bridgehead atoms. The molecule has 7 aromatic carbocycles. The van der Waals surface area contributed by atoms with Gasteiger partial charge in [0, 0.05) is 17.1 Å². The Kier molecular flexibility index (Phi) is 7.34. The van der Waals surface area contributed by atoms with E-state index in [2.05, 4.69) is 196 Å². The highest BCUT2D eigenvalue weighted by Crippen LogP contribution is 2.56. The smallest absolute Gasteiger partial charge is 0.0713 e. The van der Waals surface area contributed by atoms with E-state index in [9.17, 15) is 0 Å². The predicted molar refractivity (Wildman–Crippen MR) is 203 cm³/mol. The van der Waals surface area contributed by atoms with Crippen molar-refractivity contribution in [1.29, 1.82) is 0 Å². The van der Waals surface area contributed by atoms with E-state index in [1.807, 2.05) is 0 Å². The Bertz CT molecular complexity index is 2150. The van der Waals surface area contributed by atoms with E-state index < -0.39 is 5.41 Å². The highest BCUT2D eigenvalue weighted by molar-refractivity contribution is 5.87. The summed E-state index contributed by atoms with van der Waals surface area (Å²) in [5.74, 6) is 0. The Morgan fingerprint density at radius 3 is 1.29 bits per heavy atom. The lowest BCUT2D eigenvalue weighted by molar-refractivity contribution is 0.768. The van der Waals surface area contributed by atoms with Gasteiger partial charge in [0.1, 0.15) is 0 Å². The number of benzene rings is 7. The minimum atomic E-state index is -0.398.